The minimum atomic E-state index is -2.33. The van der Waals surface area contributed by atoms with Gasteiger partial charge in [-0.25, -0.2) is 0 Å². The summed E-state index contributed by atoms with van der Waals surface area (Å²) in [7, 11) is 0. The van der Waals surface area contributed by atoms with Gasteiger partial charge in [-0.05, 0) is 6.16 Å². The molecule has 0 aromatic rings. The van der Waals surface area contributed by atoms with Crippen molar-refractivity contribution in [1.29, 1.82) is 0 Å². The van der Waals surface area contributed by atoms with E-state index in [-0.39, 0.29) is 75.4 Å². The van der Waals surface area contributed by atoms with Gasteiger partial charge in [-0.2, -0.15) is 0 Å². The van der Waals surface area contributed by atoms with E-state index in [1.807, 2.05) is 0 Å². The second-order valence-corrected chi connectivity index (χ2v) is 0.250. The Morgan fingerprint density at radius 2 is 1.33 bits per heavy atom. The topological polar surface area (TPSA) is 63.2 Å². The zero-order valence-corrected chi connectivity index (χ0v) is 8.85. The van der Waals surface area contributed by atoms with E-state index in [0.29, 0.717) is 0 Å². The Hall–Kier alpha value is 1.64. The van der Waals surface area contributed by atoms with Crippen molar-refractivity contribution in [3.63, 3.8) is 0 Å². The minimum absolute atomic E-state index is 0. The van der Waals surface area contributed by atoms with Crippen LogP contribution in [0.4, 0.5) is 4.79 Å². The number of rotatable bonds is 0. The number of hydrogen-bond donors (Lipinski definition) is 0. The maximum atomic E-state index is 8.33. The van der Waals surface area contributed by atoms with E-state index in [4.69, 9.17) is 15.0 Å². The molecule has 0 aliphatic carbocycles. The molecule has 0 aromatic carbocycles. The Kier molecular flexibility index (Phi) is 25.6. The van der Waals surface area contributed by atoms with E-state index in [9.17, 15) is 0 Å². The van der Waals surface area contributed by atoms with E-state index in [1.165, 1.54) is 0 Å². The van der Waals surface area contributed by atoms with Crippen molar-refractivity contribution < 1.29 is 90.4 Å². The van der Waals surface area contributed by atoms with Crippen LogP contribution >= 0.6 is 0 Å². The van der Waals surface area contributed by atoms with E-state index in [2.05, 4.69) is 0 Å². The number of carbonyl (C=O) groups excluding carboxylic acids is 1. The molecule has 0 fully saturated rings. The molecular weight excluding hydrogens is 226 g/mol. The summed E-state index contributed by atoms with van der Waals surface area (Å²) in [6, 6.07) is 0. The Bertz CT molecular complexity index is 33.8. The number of hydrogen-bond acceptors (Lipinski definition) is 3. The van der Waals surface area contributed by atoms with Crippen LogP contribution in [0.1, 0.15) is 0 Å². The van der Waals surface area contributed by atoms with Crippen molar-refractivity contribution >= 4 is 6.16 Å². The van der Waals surface area contributed by atoms with Crippen LogP contribution in [0.3, 0.4) is 0 Å². The maximum Gasteiger partial charge on any atom is 1.00 e. The summed E-state index contributed by atoms with van der Waals surface area (Å²) in [4.78, 5) is 8.33. The number of halogens is 1. The first-order valence-electron chi connectivity index (χ1n) is 0.612. The molecule has 3 nitrogen and oxygen atoms in total. The zero-order chi connectivity index (χ0) is 3.58. The molecule has 6 heavy (non-hydrogen) atoms. The molecule has 0 N–H and O–H groups in total. The molecule has 32 valence electrons. The van der Waals surface area contributed by atoms with E-state index in [1.54, 1.807) is 0 Å². The fourth-order valence-electron chi connectivity index (χ4n) is 0. The van der Waals surface area contributed by atoms with Gasteiger partial charge >= 0.3 is 51.4 Å². The van der Waals surface area contributed by atoms with E-state index in [0.717, 1.165) is 0 Å². The molecule has 0 heterocycles. The predicted molar refractivity (Wildman–Crippen MR) is 8.19 cm³/mol. The van der Waals surface area contributed by atoms with Gasteiger partial charge in [-0.3, -0.25) is 0 Å². The summed E-state index contributed by atoms with van der Waals surface area (Å²) in [5.41, 5.74) is 0. The molecular formula is CH2IKO3. The van der Waals surface area contributed by atoms with Crippen LogP contribution in [0, 0.1) is 0 Å². The van der Waals surface area contributed by atoms with Gasteiger partial charge in [0, 0.05) is 0 Å². The van der Waals surface area contributed by atoms with Crippen LogP contribution in [-0.2, 0) is 0 Å². The van der Waals surface area contributed by atoms with Gasteiger partial charge in [0.05, 0.1) is 0 Å². The number of carbonyl (C=O) groups is 1. The SMILES string of the molecule is O=C([O-])[O-].[IH2+].[K+]. The Morgan fingerprint density at radius 3 is 1.33 bits per heavy atom. The third-order valence-corrected chi connectivity index (χ3v) is 0. The summed E-state index contributed by atoms with van der Waals surface area (Å²) in [6.45, 7) is 0. The summed E-state index contributed by atoms with van der Waals surface area (Å²) < 4.78 is 0. The molecule has 0 aliphatic rings. The van der Waals surface area contributed by atoms with Gasteiger partial charge in [0.2, 0.25) is 24.0 Å². The third-order valence-electron chi connectivity index (χ3n) is 0. The van der Waals surface area contributed by atoms with Crippen molar-refractivity contribution in [3.05, 3.63) is 0 Å². The summed E-state index contributed by atoms with van der Waals surface area (Å²) >= 11 is 0. The zero-order valence-electron chi connectivity index (χ0n) is 3.17. The average molecular weight is 228 g/mol. The molecule has 0 saturated carbocycles. The van der Waals surface area contributed by atoms with Crippen LogP contribution in [-0.4, -0.2) is 6.16 Å². The maximum absolute atomic E-state index is 8.33. The molecule has 0 radical (unpaired) electrons. The molecule has 0 unspecified atom stereocenters. The molecule has 5 heteroatoms. The first kappa shape index (κ1) is 15.6. The second kappa shape index (κ2) is 9.81. The molecule has 0 amide bonds. The van der Waals surface area contributed by atoms with Gasteiger partial charge in [-0.15, -0.1) is 0 Å². The van der Waals surface area contributed by atoms with Crippen molar-refractivity contribution in [2.45, 2.75) is 0 Å². The quantitative estimate of drug-likeness (QED) is 0.305. The molecule has 0 atom stereocenters. The van der Waals surface area contributed by atoms with Crippen molar-refractivity contribution in [1.82, 2.24) is 0 Å². The van der Waals surface area contributed by atoms with Gasteiger partial charge in [-0.1, -0.05) is 0 Å². The molecule has 0 aliphatic heterocycles. The summed E-state index contributed by atoms with van der Waals surface area (Å²) in [5, 5.41) is 16.7. The van der Waals surface area contributed by atoms with Crippen molar-refractivity contribution in [2.24, 2.45) is 0 Å². The second-order valence-electron chi connectivity index (χ2n) is 0.250. The fraction of sp³-hybridized carbons (Fsp3) is 0. The normalized spacial score (nSPS) is 4.00. The van der Waals surface area contributed by atoms with Crippen LogP contribution in [0.5, 0.6) is 0 Å². The van der Waals surface area contributed by atoms with E-state index >= 15 is 0 Å². The van der Waals surface area contributed by atoms with Crippen molar-refractivity contribution in [2.75, 3.05) is 0 Å². The van der Waals surface area contributed by atoms with Crippen LogP contribution in [0.15, 0.2) is 0 Å². The average Bonchev–Trinajstić information content (AvgIpc) is 0.811. The van der Waals surface area contributed by atoms with Crippen LogP contribution in [0.25, 0.3) is 0 Å². The van der Waals surface area contributed by atoms with E-state index < -0.39 is 6.16 Å². The Labute approximate surface area is 94.6 Å². The Balaban J connectivity index is -0.0000000450. The largest absolute Gasteiger partial charge is 1.00 e. The Morgan fingerprint density at radius 1 is 1.33 bits per heavy atom. The monoisotopic (exact) mass is 228 g/mol. The van der Waals surface area contributed by atoms with Gasteiger partial charge in [0.1, 0.15) is 0 Å². The molecule has 0 spiro atoms. The van der Waals surface area contributed by atoms with Gasteiger partial charge in [0.25, 0.3) is 0 Å². The standard InChI is InChI=1S/CH2O3.H2I.K/c2-1(3)4;;/h(H2,2,3,4);1H2;/q;2*+1/p-2. The fourth-order valence-corrected chi connectivity index (χ4v) is 0. The first-order valence-corrected chi connectivity index (χ1v) is 0.612. The molecule has 0 rings (SSSR count). The van der Waals surface area contributed by atoms with Crippen molar-refractivity contribution in [3.8, 4) is 0 Å². The molecule has 0 aromatic heterocycles. The van der Waals surface area contributed by atoms with Gasteiger partial charge in [0.15, 0.2) is 0 Å². The predicted octanol–water partition coefficient (Wildman–Crippen LogP) is -8.97. The summed E-state index contributed by atoms with van der Waals surface area (Å²) in [5.74, 6) is 0. The third kappa shape index (κ3) is 45.2. The van der Waals surface area contributed by atoms with Crippen LogP contribution in [0.2, 0.25) is 0 Å². The minimum Gasteiger partial charge on any atom is -0.652 e. The molecule has 0 saturated heterocycles. The summed E-state index contributed by atoms with van der Waals surface area (Å²) in [6.07, 6.45) is -2.33. The molecule has 0 bridgehead atoms. The number of carboxylic acid groups (broad SMARTS) is 2. The van der Waals surface area contributed by atoms with Gasteiger partial charge < -0.3 is 15.0 Å². The van der Waals surface area contributed by atoms with Crippen LogP contribution < -0.4 is 85.6 Å². The smallest absolute Gasteiger partial charge is 0.652 e. The first-order chi connectivity index (χ1) is 1.73.